The number of carbonyl (C=O) groups is 16. The van der Waals surface area contributed by atoms with Crippen LogP contribution in [0.5, 0.6) is 0 Å². The predicted molar refractivity (Wildman–Crippen MR) is 318 cm³/mol. The number of hydrogen-bond acceptors (Lipinski definition) is 20. The Kier molecular flexibility index (Phi) is 36.1. The Labute approximate surface area is 524 Å². The maximum absolute atomic E-state index is 14.4. The molecule has 24 N–H and O–H groups in total. The topological polar surface area (TPSA) is 616 Å². The molecule has 0 aromatic heterocycles. The van der Waals surface area contributed by atoms with Gasteiger partial charge in [-0.15, -0.1) is 0 Å². The van der Waals surface area contributed by atoms with E-state index < -0.39 is 218 Å². The molecule has 0 spiro atoms. The van der Waals surface area contributed by atoms with Crippen molar-refractivity contribution >= 4 is 94.8 Å². The Morgan fingerprint density at radius 2 is 0.824 bits per heavy atom. The van der Waals surface area contributed by atoms with Crippen molar-refractivity contribution in [1.82, 2.24) is 52.8 Å². The van der Waals surface area contributed by atoms with Crippen molar-refractivity contribution in [3.8, 4) is 0 Å². The zero-order valence-electron chi connectivity index (χ0n) is 51.8. The molecule has 1 aliphatic rings. The van der Waals surface area contributed by atoms with Crippen LogP contribution in [0.3, 0.4) is 0 Å². The minimum absolute atomic E-state index is 0.0355. The summed E-state index contributed by atoms with van der Waals surface area (Å²) >= 11 is 0. The SMILES string of the molecule is CC(C)C[C@H](NC(=O)[C@@H]1CCCN1C(=O)[C@H](CC(=O)O)NC(=O)[C@H](CCCCN)NC(=O)[C@H](CC(N)=O)NC(=O)[C@H](CCCCN)NC(=O)[C@H](CCC(=O)O)NC(=O)[C@@H](N)CC(C)C)C(=O)N[C@@H](CC(N)=O)C(=O)N[C@@H](CCC(=O)O)C(=O)N[C@H](C(=O)O)[C@@H](C)O. The molecule has 0 radical (unpaired) electrons. The van der Waals surface area contributed by atoms with Gasteiger partial charge in [-0.1, -0.05) is 27.7 Å². The summed E-state index contributed by atoms with van der Waals surface area (Å²) in [5, 5.41) is 68.9. The van der Waals surface area contributed by atoms with Gasteiger partial charge < -0.3 is 107 Å². The monoisotopic (exact) mass is 1300 g/mol. The number of nitrogens with one attached hydrogen (secondary N) is 9. The van der Waals surface area contributed by atoms with E-state index in [0.29, 0.717) is 6.42 Å². The van der Waals surface area contributed by atoms with E-state index in [2.05, 4.69) is 42.5 Å². The Morgan fingerprint density at radius 3 is 1.20 bits per heavy atom. The number of unbranched alkanes of at least 4 members (excludes halogenated alkanes) is 2. The number of nitrogens with zero attached hydrogens (tertiary/aromatic N) is 1. The quantitative estimate of drug-likeness (QED) is 0.0252. The minimum atomic E-state index is -1.95. The Morgan fingerprint density at radius 1 is 0.451 bits per heavy atom. The molecular weight excluding hydrogens is 1210 g/mol. The third-order valence-corrected chi connectivity index (χ3v) is 14.1. The van der Waals surface area contributed by atoms with E-state index in [-0.39, 0.29) is 83.3 Å². The van der Waals surface area contributed by atoms with Crippen LogP contribution in [0.15, 0.2) is 0 Å². The molecule has 1 heterocycles. The van der Waals surface area contributed by atoms with E-state index in [1.807, 2.05) is 5.32 Å². The van der Waals surface area contributed by atoms with Crippen molar-refractivity contribution in [2.75, 3.05) is 19.6 Å². The number of nitrogens with two attached hydrogens (primary N) is 5. The van der Waals surface area contributed by atoms with Gasteiger partial charge in [0.2, 0.25) is 70.9 Å². The lowest BCUT2D eigenvalue weighted by Crippen LogP contribution is -2.61. The van der Waals surface area contributed by atoms with Crippen molar-refractivity contribution in [3.63, 3.8) is 0 Å². The maximum Gasteiger partial charge on any atom is 0.328 e. The molecule has 1 fully saturated rings. The van der Waals surface area contributed by atoms with Crippen LogP contribution in [0.2, 0.25) is 0 Å². The molecule has 36 nitrogen and oxygen atoms in total. The van der Waals surface area contributed by atoms with E-state index in [9.17, 15) is 102 Å². The largest absolute Gasteiger partial charge is 0.481 e. The normalized spacial score (nSPS) is 16.5. The summed E-state index contributed by atoms with van der Waals surface area (Å²) in [5.74, 6) is -19.8. The van der Waals surface area contributed by atoms with E-state index in [1.54, 1.807) is 27.7 Å². The summed E-state index contributed by atoms with van der Waals surface area (Å²) in [6.07, 6.45) is -6.39. The summed E-state index contributed by atoms with van der Waals surface area (Å²) in [6, 6.07) is -18.2. The first-order valence-corrected chi connectivity index (χ1v) is 29.9. The zero-order valence-corrected chi connectivity index (χ0v) is 51.8. The molecular formula is C55H93N15O21. The highest BCUT2D eigenvalue weighted by Gasteiger charge is 2.42. The molecule has 0 aromatic carbocycles. The number of primary amides is 2. The number of aliphatic hydroxyl groups excluding tert-OH is 1. The molecule has 0 saturated carbocycles. The van der Waals surface area contributed by atoms with Crippen molar-refractivity contribution in [1.29, 1.82) is 0 Å². The van der Waals surface area contributed by atoms with Crippen LogP contribution < -0.4 is 76.5 Å². The number of carboxylic acids is 4. The second kappa shape index (κ2) is 40.9. The molecule has 514 valence electrons. The zero-order chi connectivity index (χ0) is 69.4. The number of rotatable bonds is 45. The Hall–Kier alpha value is -8.64. The van der Waals surface area contributed by atoms with Gasteiger partial charge >= 0.3 is 23.9 Å². The minimum Gasteiger partial charge on any atom is -0.481 e. The predicted octanol–water partition coefficient (Wildman–Crippen LogP) is -6.56. The number of amides is 12. The number of carbonyl (C=O) groups excluding carboxylic acids is 12. The summed E-state index contributed by atoms with van der Waals surface area (Å²) in [4.78, 5) is 211. The number of likely N-dealkylation sites (tertiary alicyclic amines) is 1. The molecule has 91 heavy (non-hydrogen) atoms. The molecule has 0 unspecified atom stereocenters. The molecule has 1 aliphatic heterocycles. The van der Waals surface area contributed by atoms with Gasteiger partial charge in [0.05, 0.1) is 31.4 Å². The van der Waals surface area contributed by atoms with Gasteiger partial charge in [0.1, 0.15) is 54.4 Å². The van der Waals surface area contributed by atoms with Crippen LogP contribution in [0, 0.1) is 11.8 Å². The average Bonchev–Trinajstić information content (AvgIpc) is 3.42. The van der Waals surface area contributed by atoms with Crippen LogP contribution >= 0.6 is 0 Å². The van der Waals surface area contributed by atoms with E-state index >= 15 is 0 Å². The Bertz CT molecular complexity index is 2570. The molecule has 36 heteroatoms. The molecule has 0 aliphatic carbocycles. The second-order valence-electron chi connectivity index (χ2n) is 23.0. The number of aliphatic carboxylic acids is 4. The molecule has 0 aromatic rings. The van der Waals surface area contributed by atoms with Gasteiger partial charge in [-0.2, -0.15) is 0 Å². The second-order valence-corrected chi connectivity index (χ2v) is 23.0. The van der Waals surface area contributed by atoms with Gasteiger partial charge in [0.25, 0.3) is 0 Å². The molecule has 1 saturated heterocycles. The summed E-state index contributed by atoms with van der Waals surface area (Å²) in [7, 11) is 0. The van der Waals surface area contributed by atoms with Gasteiger partial charge in [0.15, 0.2) is 6.04 Å². The molecule has 12 atom stereocenters. The van der Waals surface area contributed by atoms with Gasteiger partial charge in [-0.05, 0) is 109 Å². The van der Waals surface area contributed by atoms with Crippen molar-refractivity contribution < 1.29 is 102 Å². The number of hydrogen-bond donors (Lipinski definition) is 19. The van der Waals surface area contributed by atoms with Crippen LogP contribution in [0.25, 0.3) is 0 Å². The third kappa shape index (κ3) is 30.6. The maximum atomic E-state index is 14.4. The highest BCUT2D eigenvalue weighted by molar-refractivity contribution is 6.01. The molecule has 1 rings (SSSR count). The number of aliphatic hydroxyl groups is 1. The molecule has 0 bridgehead atoms. The summed E-state index contributed by atoms with van der Waals surface area (Å²) in [5.41, 5.74) is 28.3. The van der Waals surface area contributed by atoms with Crippen LogP contribution in [0.4, 0.5) is 0 Å². The van der Waals surface area contributed by atoms with Crippen LogP contribution in [0.1, 0.15) is 144 Å². The van der Waals surface area contributed by atoms with Crippen LogP contribution in [-0.4, -0.2) is 217 Å². The first-order valence-electron chi connectivity index (χ1n) is 29.9. The highest BCUT2D eigenvalue weighted by atomic mass is 16.4. The fourth-order valence-electron chi connectivity index (χ4n) is 9.44. The fourth-order valence-corrected chi connectivity index (χ4v) is 9.44. The first-order chi connectivity index (χ1) is 42.5. The lowest BCUT2D eigenvalue weighted by Gasteiger charge is -2.31. The van der Waals surface area contributed by atoms with E-state index in [4.69, 9.17) is 28.7 Å². The van der Waals surface area contributed by atoms with Crippen molar-refractivity contribution in [3.05, 3.63) is 0 Å². The van der Waals surface area contributed by atoms with Gasteiger partial charge in [0, 0.05) is 19.4 Å². The smallest absolute Gasteiger partial charge is 0.328 e. The number of carboxylic acid groups (broad SMARTS) is 4. The molecule has 12 amide bonds. The standard InChI is InChI=1S/C55H93N15O21/c1-26(2)21-29(58)45(80)61-32(14-16-41(74)75)48(83)62-30(11-6-8-18-56)46(81)65-35(23-39(59)72)51(86)63-31(12-7-9-19-57)47(82)68-37(25-43(78)79)54(89)70-20-10-13-38(70)53(88)67-34(22-27(3)4)50(85)66-36(24-40(60)73)52(87)64-33(15-17-42(76)77)49(84)69-44(28(5)71)55(90)91/h26-38,44,71H,6-25,56-58H2,1-5H3,(H2,59,72)(H2,60,73)(H,61,80)(H,62,83)(H,63,86)(H,64,87)(H,65,81)(H,66,85)(H,67,88)(H,68,82)(H,69,84)(H,74,75)(H,76,77)(H,78,79)(H,90,91)/t28-,29+,30+,31+,32+,33+,34+,35+,36+,37+,38+,44+/m1/s1. The van der Waals surface area contributed by atoms with Crippen molar-refractivity contribution in [2.24, 2.45) is 40.5 Å². The van der Waals surface area contributed by atoms with Crippen LogP contribution in [-0.2, 0) is 76.7 Å². The lowest BCUT2D eigenvalue weighted by atomic mass is 10.0. The summed E-state index contributed by atoms with van der Waals surface area (Å²) < 4.78 is 0. The van der Waals surface area contributed by atoms with Crippen molar-refractivity contribution in [2.45, 2.75) is 216 Å². The van der Waals surface area contributed by atoms with E-state index in [0.717, 1.165) is 11.8 Å². The first kappa shape index (κ1) is 80.4. The van der Waals surface area contributed by atoms with Gasteiger partial charge in [-0.25, -0.2) is 4.79 Å². The van der Waals surface area contributed by atoms with E-state index in [1.165, 1.54) is 0 Å². The van der Waals surface area contributed by atoms with Gasteiger partial charge in [-0.3, -0.25) is 71.9 Å². The average molecular weight is 1300 g/mol. The summed E-state index contributed by atoms with van der Waals surface area (Å²) in [6.45, 7) is 7.94. The Balaban J connectivity index is 3.59. The lowest BCUT2D eigenvalue weighted by molar-refractivity contribution is -0.146. The fraction of sp³-hybridized carbons (Fsp3) is 0.709. The highest BCUT2D eigenvalue weighted by Crippen LogP contribution is 2.21. The third-order valence-electron chi connectivity index (χ3n) is 14.1.